The molecular formula is C28H24Cl2N2O6S2. The van der Waals surface area contributed by atoms with Crippen molar-refractivity contribution in [3.8, 4) is 11.5 Å². The summed E-state index contributed by atoms with van der Waals surface area (Å²) in [5.41, 5.74) is 0.691. The number of carbonyl (C=O) groups is 1. The fourth-order valence-corrected chi connectivity index (χ4v) is 5.76. The molecule has 0 heterocycles. The van der Waals surface area contributed by atoms with E-state index in [-0.39, 0.29) is 26.1 Å². The molecule has 0 aliphatic carbocycles. The number of sulfone groups is 1. The maximum Gasteiger partial charge on any atom is 0.261 e. The van der Waals surface area contributed by atoms with E-state index in [2.05, 4.69) is 10.0 Å². The van der Waals surface area contributed by atoms with E-state index in [1.165, 1.54) is 54.6 Å². The minimum absolute atomic E-state index is 0.00866. The van der Waals surface area contributed by atoms with Gasteiger partial charge in [-0.15, -0.1) is 0 Å². The number of halogens is 2. The van der Waals surface area contributed by atoms with Crippen LogP contribution in [0.2, 0.25) is 10.0 Å². The van der Waals surface area contributed by atoms with E-state index in [0.29, 0.717) is 22.1 Å². The topological polar surface area (TPSA) is 119 Å². The molecule has 8 nitrogen and oxygen atoms in total. The van der Waals surface area contributed by atoms with Crippen LogP contribution in [0.1, 0.15) is 28.9 Å². The monoisotopic (exact) mass is 618 g/mol. The zero-order valence-corrected chi connectivity index (χ0v) is 24.4. The maximum absolute atomic E-state index is 13.2. The summed E-state index contributed by atoms with van der Waals surface area (Å²) in [4.78, 5) is 13.3. The largest absolute Gasteiger partial charge is 0.456 e. The van der Waals surface area contributed by atoms with Crippen LogP contribution in [-0.4, -0.2) is 29.0 Å². The van der Waals surface area contributed by atoms with Crippen LogP contribution in [-0.2, 0) is 19.9 Å². The Hall–Kier alpha value is -3.57. The van der Waals surface area contributed by atoms with Gasteiger partial charge in [0.2, 0.25) is 0 Å². The number of amides is 1. The molecular weight excluding hydrogens is 595 g/mol. The van der Waals surface area contributed by atoms with Crippen molar-refractivity contribution in [1.82, 2.24) is 5.32 Å². The Balaban J connectivity index is 1.51. The van der Waals surface area contributed by atoms with Crippen molar-refractivity contribution in [2.75, 3.05) is 11.0 Å². The number of hydrogen-bond acceptors (Lipinski definition) is 6. The van der Waals surface area contributed by atoms with E-state index in [4.69, 9.17) is 27.9 Å². The SMILES string of the molecule is C[C@H](NC(=O)c1cc(Cl)ccc1NS(=O)(=O)c1ccc(Oc2ccccc2Cl)cc1)c1ccc(S(C)(=O)=O)cc1. The molecule has 0 radical (unpaired) electrons. The number of benzene rings is 4. The van der Waals surface area contributed by atoms with E-state index >= 15 is 0 Å². The maximum atomic E-state index is 13.2. The summed E-state index contributed by atoms with van der Waals surface area (Å²) in [6, 6.07) is 22.4. The number of sulfonamides is 1. The molecule has 1 amide bonds. The fourth-order valence-electron chi connectivity index (χ4n) is 3.70. The van der Waals surface area contributed by atoms with Gasteiger partial charge < -0.3 is 10.1 Å². The van der Waals surface area contributed by atoms with Crippen molar-refractivity contribution in [2.45, 2.75) is 22.8 Å². The summed E-state index contributed by atoms with van der Waals surface area (Å²) < 4.78 is 57.9. The van der Waals surface area contributed by atoms with Gasteiger partial charge >= 0.3 is 0 Å². The second kappa shape index (κ2) is 11.9. The average Bonchev–Trinajstić information content (AvgIpc) is 2.90. The second-order valence-corrected chi connectivity index (χ2v) is 13.4. The molecule has 4 aromatic rings. The van der Waals surface area contributed by atoms with Crippen LogP contribution in [0.5, 0.6) is 11.5 Å². The second-order valence-electron chi connectivity index (χ2n) is 8.84. The Bertz CT molecular complexity index is 1760. The van der Waals surface area contributed by atoms with E-state index in [9.17, 15) is 21.6 Å². The van der Waals surface area contributed by atoms with E-state index < -0.39 is 31.8 Å². The van der Waals surface area contributed by atoms with Crippen LogP contribution in [0.25, 0.3) is 0 Å². The number of rotatable bonds is 9. The summed E-state index contributed by atoms with van der Waals surface area (Å²) in [7, 11) is -7.45. The molecule has 0 unspecified atom stereocenters. The molecule has 0 bridgehead atoms. The number of hydrogen-bond donors (Lipinski definition) is 2. The summed E-state index contributed by atoms with van der Waals surface area (Å²) in [6.07, 6.45) is 1.11. The molecule has 0 spiro atoms. The lowest BCUT2D eigenvalue weighted by Gasteiger charge is -2.17. The third-order valence-electron chi connectivity index (χ3n) is 5.82. The van der Waals surface area contributed by atoms with Gasteiger partial charge in [0.25, 0.3) is 15.9 Å². The Morgan fingerprint density at radius 2 is 1.45 bits per heavy atom. The molecule has 0 saturated carbocycles. The Morgan fingerprint density at radius 1 is 0.825 bits per heavy atom. The van der Waals surface area contributed by atoms with Gasteiger partial charge in [-0.25, -0.2) is 16.8 Å². The average molecular weight is 620 g/mol. The highest BCUT2D eigenvalue weighted by atomic mass is 35.5. The lowest BCUT2D eigenvalue weighted by atomic mass is 10.1. The molecule has 4 rings (SSSR count). The first-order chi connectivity index (χ1) is 18.8. The number of para-hydroxylation sites is 1. The number of ether oxygens (including phenoxy) is 1. The van der Waals surface area contributed by atoms with Crippen LogP contribution < -0.4 is 14.8 Å². The Kier molecular flexibility index (Phi) is 8.74. The first kappa shape index (κ1) is 29.4. The van der Waals surface area contributed by atoms with Gasteiger partial charge in [0.1, 0.15) is 11.5 Å². The van der Waals surface area contributed by atoms with Crippen LogP contribution in [0, 0.1) is 0 Å². The van der Waals surface area contributed by atoms with Crippen molar-refractivity contribution >= 4 is 54.7 Å². The highest BCUT2D eigenvalue weighted by Crippen LogP contribution is 2.30. The number of nitrogens with one attached hydrogen (secondary N) is 2. The van der Waals surface area contributed by atoms with E-state index in [1.54, 1.807) is 43.3 Å². The van der Waals surface area contributed by atoms with Gasteiger partial charge in [0.05, 0.1) is 32.1 Å². The lowest BCUT2D eigenvalue weighted by molar-refractivity contribution is 0.0940. The third kappa shape index (κ3) is 7.14. The lowest BCUT2D eigenvalue weighted by Crippen LogP contribution is -2.28. The molecule has 208 valence electrons. The van der Waals surface area contributed by atoms with E-state index in [1.807, 2.05) is 0 Å². The quantitative estimate of drug-likeness (QED) is 0.221. The van der Waals surface area contributed by atoms with Gasteiger partial charge in [-0.05, 0) is 79.2 Å². The molecule has 0 aliphatic heterocycles. The first-order valence-electron chi connectivity index (χ1n) is 11.8. The predicted molar refractivity (Wildman–Crippen MR) is 156 cm³/mol. The number of carbonyl (C=O) groups excluding carboxylic acids is 1. The van der Waals surface area contributed by atoms with Crippen molar-refractivity contribution in [3.63, 3.8) is 0 Å². The van der Waals surface area contributed by atoms with Gasteiger partial charge in [0.15, 0.2) is 9.84 Å². The standard InChI is InChI=1S/C28H24Cl2N2O6S2/c1-18(19-7-12-22(13-8-19)39(2,34)35)31-28(33)24-17-20(29)9-16-26(24)32-40(36,37)23-14-10-21(11-15-23)38-27-6-4-3-5-25(27)30/h3-18,32H,1-2H3,(H,31,33)/t18-/m0/s1. The van der Waals surface area contributed by atoms with Crippen LogP contribution >= 0.6 is 23.2 Å². The van der Waals surface area contributed by atoms with Crippen molar-refractivity contribution < 1.29 is 26.4 Å². The van der Waals surface area contributed by atoms with Crippen LogP contribution in [0.15, 0.2) is 101 Å². The molecule has 40 heavy (non-hydrogen) atoms. The van der Waals surface area contributed by atoms with Gasteiger partial charge in [0, 0.05) is 11.3 Å². The fraction of sp³-hybridized carbons (Fsp3) is 0.107. The molecule has 0 fully saturated rings. The van der Waals surface area contributed by atoms with E-state index in [0.717, 1.165) is 6.26 Å². The summed E-state index contributed by atoms with van der Waals surface area (Å²) >= 11 is 12.2. The molecule has 2 N–H and O–H groups in total. The molecule has 0 aliphatic rings. The molecule has 4 aromatic carbocycles. The number of anilines is 1. The van der Waals surface area contributed by atoms with Crippen LogP contribution in [0.3, 0.4) is 0 Å². The van der Waals surface area contributed by atoms with Crippen molar-refractivity contribution in [2.24, 2.45) is 0 Å². The predicted octanol–water partition coefficient (Wildman–Crippen LogP) is 6.48. The minimum atomic E-state index is -4.09. The molecule has 12 heteroatoms. The normalized spacial score (nSPS) is 12.4. The van der Waals surface area contributed by atoms with Crippen molar-refractivity contribution in [3.05, 3.63) is 112 Å². The molecule has 0 saturated heterocycles. The van der Waals surface area contributed by atoms with Crippen molar-refractivity contribution in [1.29, 1.82) is 0 Å². The summed E-state index contributed by atoms with van der Waals surface area (Å²) in [5, 5.41) is 3.44. The zero-order chi connectivity index (χ0) is 29.1. The van der Waals surface area contributed by atoms with Gasteiger partial charge in [-0.2, -0.15) is 0 Å². The van der Waals surface area contributed by atoms with Gasteiger partial charge in [-0.1, -0.05) is 47.5 Å². The highest BCUT2D eigenvalue weighted by Gasteiger charge is 2.21. The Labute approximate surface area is 242 Å². The summed E-state index contributed by atoms with van der Waals surface area (Å²) in [5.74, 6) is 0.232. The Morgan fingerprint density at radius 3 is 2.08 bits per heavy atom. The summed E-state index contributed by atoms with van der Waals surface area (Å²) in [6.45, 7) is 1.72. The van der Waals surface area contributed by atoms with Crippen LogP contribution in [0.4, 0.5) is 5.69 Å². The first-order valence-corrected chi connectivity index (χ1v) is 15.9. The smallest absolute Gasteiger partial charge is 0.261 e. The molecule has 1 atom stereocenters. The molecule has 0 aromatic heterocycles. The minimum Gasteiger partial charge on any atom is -0.456 e. The third-order valence-corrected chi connectivity index (χ3v) is 8.88. The van der Waals surface area contributed by atoms with Gasteiger partial charge in [-0.3, -0.25) is 9.52 Å². The zero-order valence-electron chi connectivity index (χ0n) is 21.3. The highest BCUT2D eigenvalue weighted by molar-refractivity contribution is 7.92.